The topological polar surface area (TPSA) is 0 Å². The summed E-state index contributed by atoms with van der Waals surface area (Å²) < 4.78 is 0. The van der Waals surface area contributed by atoms with Crippen LogP contribution >= 0.6 is 0 Å². The minimum atomic E-state index is 0.749. The first-order valence-electron chi connectivity index (χ1n) is 3.97. The molecule has 2 rings (SSSR count). The highest BCUT2D eigenvalue weighted by Crippen LogP contribution is 2.28. The van der Waals surface area contributed by atoms with Crippen molar-refractivity contribution in [2.75, 3.05) is 0 Å². The minimum absolute atomic E-state index is 0.749. The number of fused-ring (bicyclic) bond motifs is 1. The van der Waals surface area contributed by atoms with Crippen molar-refractivity contribution < 1.29 is 0 Å². The van der Waals surface area contributed by atoms with Gasteiger partial charge in [-0.1, -0.05) is 36.0 Å². The molecule has 0 heteroatoms. The molecule has 2 aliphatic carbocycles. The molecular formula is C10H12. The van der Waals surface area contributed by atoms with E-state index in [-0.39, 0.29) is 0 Å². The van der Waals surface area contributed by atoms with E-state index in [4.69, 9.17) is 0 Å². The molecule has 0 bridgehead atoms. The third kappa shape index (κ3) is 0.942. The van der Waals surface area contributed by atoms with Crippen molar-refractivity contribution >= 4 is 0 Å². The molecule has 10 heavy (non-hydrogen) atoms. The Morgan fingerprint density at radius 2 is 2.20 bits per heavy atom. The van der Waals surface area contributed by atoms with Gasteiger partial charge in [0.25, 0.3) is 0 Å². The van der Waals surface area contributed by atoms with Crippen LogP contribution in [0, 0.1) is 5.92 Å². The number of rotatable bonds is 0. The molecule has 1 atom stereocenters. The Morgan fingerprint density at radius 1 is 1.20 bits per heavy atom. The molecule has 1 unspecified atom stereocenters. The molecule has 2 aliphatic rings. The summed E-state index contributed by atoms with van der Waals surface area (Å²) in [6.07, 6.45) is 15.1. The third-order valence-corrected chi connectivity index (χ3v) is 2.27. The Hall–Kier alpha value is -0.780. The predicted molar refractivity (Wildman–Crippen MR) is 43.7 cm³/mol. The average Bonchev–Trinajstić information content (AvgIpc) is 2.05. The Morgan fingerprint density at radius 3 is 3.10 bits per heavy atom. The second-order valence-corrected chi connectivity index (χ2v) is 2.96. The zero-order valence-corrected chi connectivity index (χ0v) is 6.09. The lowest BCUT2D eigenvalue weighted by Crippen LogP contribution is -2.05. The molecule has 0 fully saturated rings. The Kier molecular flexibility index (Phi) is 1.46. The fraction of sp³-hybridized carbons (Fsp3) is 0.400. The lowest BCUT2D eigenvalue weighted by atomic mass is 9.85. The molecule has 0 saturated heterocycles. The largest absolute Gasteiger partial charge is 0.0873 e. The maximum atomic E-state index is 2.37. The van der Waals surface area contributed by atoms with Gasteiger partial charge in [0.2, 0.25) is 0 Å². The Bertz CT molecular complexity index is 206. The van der Waals surface area contributed by atoms with E-state index in [1.165, 1.54) is 12.8 Å². The molecule has 0 spiro atoms. The summed E-state index contributed by atoms with van der Waals surface area (Å²) in [5.41, 5.74) is 1.63. The second-order valence-electron chi connectivity index (χ2n) is 2.96. The van der Waals surface area contributed by atoms with E-state index in [0.29, 0.717) is 0 Å². The highest BCUT2D eigenvalue weighted by Gasteiger charge is 2.13. The van der Waals surface area contributed by atoms with Crippen LogP contribution in [-0.4, -0.2) is 0 Å². The van der Waals surface area contributed by atoms with E-state index < -0.39 is 0 Å². The molecule has 0 nitrogen and oxygen atoms in total. The smallest absolute Gasteiger partial charge is 0.00146 e. The summed E-state index contributed by atoms with van der Waals surface area (Å²) in [4.78, 5) is 0. The first kappa shape index (κ1) is 5.96. The molecule has 0 N–H and O–H groups in total. The molecule has 0 aromatic heterocycles. The molecule has 0 amide bonds. The molecule has 0 aromatic carbocycles. The van der Waals surface area contributed by atoms with Gasteiger partial charge >= 0.3 is 0 Å². The number of allylic oxidation sites excluding steroid dienone is 6. The summed E-state index contributed by atoms with van der Waals surface area (Å²) >= 11 is 0. The molecule has 0 saturated carbocycles. The van der Waals surface area contributed by atoms with Gasteiger partial charge in [0.05, 0.1) is 0 Å². The average molecular weight is 132 g/mol. The van der Waals surface area contributed by atoms with Crippen molar-refractivity contribution in [1.82, 2.24) is 0 Å². The monoisotopic (exact) mass is 132 g/mol. The van der Waals surface area contributed by atoms with Gasteiger partial charge in [-0.05, 0) is 19.3 Å². The summed E-state index contributed by atoms with van der Waals surface area (Å²) in [5, 5.41) is 0. The fourth-order valence-electron chi connectivity index (χ4n) is 1.66. The molecule has 52 valence electrons. The normalized spacial score (nSPS) is 29.6. The van der Waals surface area contributed by atoms with Gasteiger partial charge in [-0.25, -0.2) is 0 Å². The van der Waals surface area contributed by atoms with Crippen molar-refractivity contribution in [1.29, 1.82) is 0 Å². The number of hydrogen-bond donors (Lipinski definition) is 0. The van der Waals surface area contributed by atoms with Crippen molar-refractivity contribution in [2.24, 2.45) is 5.92 Å². The fourth-order valence-corrected chi connectivity index (χ4v) is 1.66. The molecule has 0 aromatic rings. The van der Waals surface area contributed by atoms with Gasteiger partial charge in [-0.15, -0.1) is 0 Å². The maximum Gasteiger partial charge on any atom is 0.00146 e. The summed E-state index contributed by atoms with van der Waals surface area (Å²) in [5.74, 6) is 0.749. The summed E-state index contributed by atoms with van der Waals surface area (Å²) in [7, 11) is 0. The van der Waals surface area contributed by atoms with Crippen molar-refractivity contribution in [3.63, 3.8) is 0 Å². The molecular weight excluding hydrogens is 120 g/mol. The van der Waals surface area contributed by atoms with E-state index in [1.807, 2.05) is 0 Å². The van der Waals surface area contributed by atoms with Crippen LogP contribution in [0.1, 0.15) is 19.3 Å². The van der Waals surface area contributed by atoms with E-state index in [1.54, 1.807) is 5.57 Å². The van der Waals surface area contributed by atoms with Crippen LogP contribution in [0.15, 0.2) is 36.0 Å². The highest BCUT2D eigenvalue weighted by molar-refractivity contribution is 5.25. The lowest BCUT2D eigenvalue weighted by Gasteiger charge is -2.20. The van der Waals surface area contributed by atoms with E-state index in [2.05, 4.69) is 30.4 Å². The van der Waals surface area contributed by atoms with Crippen LogP contribution in [-0.2, 0) is 0 Å². The van der Waals surface area contributed by atoms with Gasteiger partial charge in [0.1, 0.15) is 0 Å². The molecule has 0 radical (unpaired) electrons. The van der Waals surface area contributed by atoms with Crippen LogP contribution in [0.25, 0.3) is 0 Å². The third-order valence-electron chi connectivity index (χ3n) is 2.27. The Balaban J connectivity index is 2.23. The van der Waals surface area contributed by atoms with Crippen LogP contribution in [0.5, 0.6) is 0 Å². The van der Waals surface area contributed by atoms with Gasteiger partial charge < -0.3 is 0 Å². The zero-order chi connectivity index (χ0) is 6.81. The zero-order valence-electron chi connectivity index (χ0n) is 6.09. The number of hydrogen-bond acceptors (Lipinski definition) is 0. The quantitative estimate of drug-likeness (QED) is 0.444. The van der Waals surface area contributed by atoms with Gasteiger partial charge in [-0.3, -0.25) is 0 Å². The van der Waals surface area contributed by atoms with Crippen molar-refractivity contribution in [3.8, 4) is 0 Å². The maximum absolute atomic E-state index is 2.37. The van der Waals surface area contributed by atoms with Crippen molar-refractivity contribution in [3.05, 3.63) is 36.0 Å². The Labute approximate surface area is 61.9 Å². The summed E-state index contributed by atoms with van der Waals surface area (Å²) in [6, 6.07) is 0. The highest BCUT2D eigenvalue weighted by atomic mass is 14.2. The van der Waals surface area contributed by atoms with E-state index in [0.717, 1.165) is 12.3 Å². The first-order valence-corrected chi connectivity index (χ1v) is 3.97. The van der Waals surface area contributed by atoms with Crippen LogP contribution < -0.4 is 0 Å². The molecule has 0 heterocycles. The first-order chi connectivity index (χ1) is 4.97. The minimum Gasteiger partial charge on any atom is -0.0873 e. The van der Waals surface area contributed by atoms with Gasteiger partial charge in [-0.2, -0.15) is 0 Å². The van der Waals surface area contributed by atoms with E-state index in [9.17, 15) is 0 Å². The SMILES string of the molecule is C1=CC2CC=CCC2=CC1. The van der Waals surface area contributed by atoms with Crippen LogP contribution in [0.3, 0.4) is 0 Å². The van der Waals surface area contributed by atoms with Gasteiger partial charge in [0.15, 0.2) is 0 Å². The van der Waals surface area contributed by atoms with Crippen molar-refractivity contribution in [2.45, 2.75) is 19.3 Å². The predicted octanol–water partition coefficient (Wildman–Crippen LogP) is 2.84. The van der Waals surface area contributed by atoms with Crippen LogP contribution in [0.4, 0.5) is 0 Å². The van der Waals surface area contributed by atoms with Crippen LogP contribution in [0.2, 0.25) is 0 Å². The molecule has 0 aliphatic heterocycles. The standard InChI is InChI=1S/C10H12/c1-2-6-10-8-4-3-7-9(10)5-1/h1-3,7-9H,4-6H2. The summed E-state index contributed by atoms with van der Waals surface area (Å²) in [6.45, 7) is 0. The second kappa shape index (κ2) is 2.45. The van der Waals surface area contributed by atoms with Gasteiger partial charge in [0, 0.05) is 5.92 Å². The van der Waals surface area contributed by atoms with E-state index >= 15 is 0 Å². The lowest BCUT2D eigenvalue weighted by molar-refractivity contribution is 0.712.